The van der Waals surface area contributed by atoms with Gasteiger partial charge in [0.05, 0.1) is 0 Å². The second-order valence-electron chi connectivity index (χ2n) is 16.9. The van der Waals surface area contributed by atoms with Crippen molar-refractivity contribution >= 4 is 37.4 Å². The molecule has 4 aromatic carbocycles. The van der Waals surface area contributed by atoms with Crippen molar-refractivity contribution < 1.29 is 0 Å². The highest BCUT2D eigenvalue weighted by Gasteiger charge is 2.39. The van der Waals surface area contributed by atoms with Crippen molar-refractivity contribution in [2.24, 2.45) is 23.7 Å². The third-order valence-corrected chi connectivity index (χ3v) is 18.7. The monoisotopic (exact) mass is 758 g/mol. The van der Waals surface area contributed by atoms with E-state index in [1.807, 2.05) is 0 Å². The second kappa shape index (κ2) is 20.7. The zero-order chi connectivity index (χ0) is 37.0. The van der Waals surface area contributed by atoms with Crippen LogP contribution in [0.1, 0.15) is 116 Å². The molecule has 4 aromatic rings. The lowest BCUT2D eigenvalue weighted by Gasteiger charge is -2.46. The number of hydrogen-bond acceptors (Lipinski definition) is 2. The molecule has 0 heterocycles. The van der Waals surface area contributed by atoms with Crippen LogP contribution in [0.2, 0.25) is 0 Å². The summed E-state index contributed by atoms with van der Waals surface area (Å²) in [7, 11) is 3.96. The van der Waals surface area contributed by atoms with Crippen LogP contribution >= 0.6 is 16.1 Å². The van der Waals surface area contributed by atoms with Crippen LogP contribution in [0.15, 0.2) is 121 Å². The Kier molecular flexibility index (Phi) is 15.3. The van der Waals surface area contributed by atoms with Gasteiger partial charge in [0.1, 0.15) is 0 Å². The number of rotatable bonds is 10. The highest BCUT2D eigenvalue weighted by Crippen LogP contribution is 2.49. The second-order valence-corrected chi connectivity index (χ2v) is 21.5. The third kappa shape index (κ3) is 10.1. The summed E-state index contributed by atoms with van der Waals surface area (Å²) < 4.78 is 5.61. The Labute approximate surface area is 332 Å². The third-order valence-electron chi connectivity index (χ3n) is 13.7. The van der Waals surface area contributed by atoms with Gasteiger partial charge in [-0.1, -0.05) is 211 Å². The predicted octanol–water partition coefficient (Wildman–Crippen LogP) is 12.2. The van der Waals surface area contributed by atoms with Gasteiger partial charge in [-0.3, -0.25) is 9.34 Å². The molecule has 0 unspecified atom stereocenters. The number of nitrogens with zero attached hydrogens (tertiary/aromatic N) is 2. The molecular formula is C50H68N2P2. The van der Waals surface area contributed by atoms with Gasteiger partial charge in [0.25, 0.3) is 0 Å². The summed E-state index contributed by atoms with van der Waals surface area (Å²) >= 11 is 0. The Morgan fingerprint density at radius 2 is 0.593 bits per heavy atom. The van der Waals surface area contributed by atoms with E-state index >= 15 is 0 Å². The van der Waals surface area contributed by atoms with E-state index < -0.39 is 16.1 Å². The average Bonchev–Trinajstić information content (AvgIpc) is 3.26. The fourth-order valence-corrected chi connectivity index (χ4v) is 16.1. The van der Waals surface area contributed by atoms with Crippen LogP contribution < -0.4 is 21.2 Å². The molecule has 8 rings (SSSR count). The van der Waals surface area contributed by atoms with Gasteiger partial charge in [-0.2, -0.15) is 0 Å². The molecule has 4 aliphatic carbocycles. The van der Waals surface area contributed by atoms with Gasteiger partial charge >= 0.3 is 0 Å². The van der Waals surface area contributed by atoms with Gasteiger partial charge in [0.2, 0.25) is 0 Å². The molecule has 0 saturated heterocycles. The first-order chi connectivity index (χ1) is 26.7. The van der Waals surface area contributed by atoms with Crippen molar-refractivity contribution in [2.75, 3.05) is 14.1 Å². The maximum absolute atomic E-state index is 2.80. The van der Waals surface area contributed by atoms with E-state index in [1.165, 1.54) is 137 Å². The first-order valence-corrected chi connectivity index (χ1v) is 24.5. The molecule has 0 radical (unpaired) electrons. The molecule has 288 valence electrons. The van der Waals surface area contributed by atoms with Crippen LogP contribution in [0.4, 0.5) is 0 Å². The molecule has 54 heavy (non-hydrogen) atoms. The van der Waals surface area contributed by atoms with E-state index in [2.05, 4.69) is 145 Å². The molecule has 0 amide bonds. The summed E-state index contributed by atoms with van der Waals surface area (Å²) in [6, 6.07) is 46.5. The number of hydrogen-bond donors (Lipinski definition) is 0. The molecule has 0 aromatic heterocycles. The Hall–Kier alpha value is -2.34. The molecule has 4 aliphatic rings. The molecule has 4 saturated carbocycles. The van der Waals surface area contributed by atoms with Crippen LogP contribution in [0.5, 0.6) is 0 Å². The molecule has 0 spiro atoms. The van der Waals surface area contributed by atoms with Crippen LogP contribution in [-0.2, 0) is 0 Å². The molecular weight excluding hydrogens is 691 g/mol. The quantitative estimate of drug-likeness (QED) is 0.149. The molecule has 0 aliphatic heterocycles. The summed E-state index contributed by atoms with van der Waals surface area (Å²) in [6.45, 7) is 0. The van der Waals surface area contributed by atoms with E-state index in [4.69, 9.17) is 0 Å². The Bertz CT molecular complexity index is 1400. The van der Waals surface area contributed by atoms with Crippen molar-refractivity contribution in [1.29, 1.82) is 0 Å². The summed E-state index contributed by atoms with van der Waals surface area (Å²) in [5, 5.41) is 5.98. The van der Waals surface area contributed by atoms with Gasteiger partial charge in [0.15, 0.2) is 0 Å². The Morgan fingerprint density at radius 1 is 0.333 bits per heavy atom. The molecule has 4 fully saturated rings. The Balaban J connectivity index is 0.000000167. The van der Waals surface area contributed by atoms with Gasteiger partial charge < -0.3 is 0 Å². The van der Waals surface area contributed by atoms with Gasteiger partial charge in [-0.05, 0) is 84.7 Å². The van der Waals surface area contributed by atoms with Crippen molar-refractivity contribution in [3.8, 4) is 0 Å². The standard InChI is InChI=1S/2C25H34NP/c2*1-26(25-20-12-11-19-24(25)21-13-5-2-6-14-21)27(22-15-7-3-8-16-22)23-17-9-4-10-18-23/h2*3-4,7-10,15-18,21,24-25H,2,5-6,11-14,19-20H2,1H3/t2*24-,25+/m10/s1. The smallest absolute Gasteiger partial charge is 0.0281 e. The van der Waals surface area contributed by atoms with E-state index in [9.17, 15) is 0 Å². The van der Waals surface area contributed by atoms with E-state index in [1.54, 1.807) is 0 Å². The Morgan fingerprint density at radius 3 is 0.889 bits per heavy atom. The molecule has 0 bridgehead atoms. The lowest BCUT2D eigenvalue weighted by Crippen LogP contribution is -2.43. The number of benzene rings is 4. The highest BCUT2D eigenvalue weighted by molar-refractivity contribution is 7.71. The van der Waals surface area contributed by atoms with Crippen LogP contribution in [0, 0.1) is 23.7 Å². The minimum atomic E-state index is -0.449. The molecule has 2 nitrogen and oxygen atoms in total. The van der Waals surface area contributed by atoms with Gasteiger partial charge in [-0.15, -0.1) is 0 Å². The zero-order valence-corrected chi connectivity index (χ0v) is 35.3. The lowest BCUT2D eigenvalue weighted by molar-refractivity contribution is 0.119. The van der Waals surface area contributed by atoms with Gasteiger partial charge in [0, 0.05) is 28.2 Å². The summed E-state index contributed by atoms with van der Waals surface area (Å²) in [5.74, 6) is 3.74. The van der Waals surface area contributed by atoms with Crippen molar-refractivity contribution in [3.05, 3.63) is 121 Å². The zero-order valence-electron chi connectivity index (χ0n) is 33.5. The van der Waals surface area contributed by atoms with Crippen LogP contribution in [0.3, 0.4) is 0 Å². The molecule has 4 heteroatoms. The molecule has 4 atom stereocenters. The summed E-state index contributed by atoms with van der Waals surface area (Å²) in [6.07, 6.45) is 26.1. The SMILES string of the molecule is CN([C@@H]1CCCC[C@H]1C1CCCCC1)P(c1ccccc1)c1ccccc1.CN([C@H]1CCCC[C@@H]1C1CCCCC1)P(c1ccccc1)c1ccccc1. The maximum atomic E-state index is 2.80. The summed E-state index contributed by atoms with van der Waals surface area (Å²) in [4.78, 5) is 0. The largest absolute Gasteiger partial charge is 0.275 e. The maximum Gasteiger partial charge on any atom is 0.0281 e. The predicted molar refractivity (Wildman–Crippen MR) is 238 cm³/mol. The van der Waals surface area contributed by atoms with E-state index in [0.29, 0.717) is 0 Å². The van der Waals surface area contributed by atoms with E-state index in [0.717, 1.165) is 35.8 Å². The fraction of sp³-hybridized carbons (Fsp3) is 0.520. The first kappa shape index (κ1) is 39.9. The first-order valence-electron chi connectivity index (χ1n) is 21.9. The minimum Gasteiger partial charge on any atom is -0.275 e. The van der Waals surface area contributed by atoms with E-state index in [-0.39, 0.29) is 0 Å². The summed E-state index contributed by atoms with van der Waals surface area (Å²) in [5.41, 5.74) is 0. The van der Waals surface area contributed by atoms with Crippen LogP contribution in [-0.4, -0.2) is 35.5 Å². The van der Waals surface area contributed by atoms with Crippen molar-refractivity contribution in [1.82, 2.24) is 9.34 Å². The minimum absolute atomic E-state index is 0.449. The van der Waals surface area contributed by atoms with Crippen molar-refractivity contribution in [3.63, 3.8) is 0 Å². The van der Waals surface area contributed by atoms with Gasteiger partial charge in [-0.25, -0.2) is 0 Å². The average molecular weight is 759 g/mol. The topological polar surface area (TPSA) is 6.48 Å². The highest BCUT2D eigenvalue weighted by atomic mass is 31.1. The fourth-order valence-electron chi connectivity index (χ4n) is 11.0. The van der Waals surface area contributed by atoms with Crippen molar-refractivity contribution in [2.45, 2.75) is 128 Å². The lowest BCUT2D eigenvalue weighted by atomic mass is 9.71. The molecule has 0 N–H and O–H groups in total. The normalized spacial score (nSPS) is 24.4. The van der Waals surface area contributed by atoms with Crippen LogP contribution in [0.25, 0.3) is 0 Å².